The van der Waals surface area contributed by atoms with E-state index in [4.69, 9.17) is 4.42 Å². The van der Waals surface area contributed by atoms with Crippen molar-refractivity contribution >= 4 is 11.0 Å². The van der Waals surface area contributed by atoms with Crippen LogP contribution >= 0.6 is 0 Å². The van der Waals surface area contributed by atoms with Crippen molar-refractivity contribution in [3.63, 3.8) is 0 Å². The minimum absolute atomic E-state index is 0. The fraction of sp³-hybridized carbons (Fsp3) is 0.0286. The zero-order valence-corrected chi connectivity index (χ0v) is 24.3. The van der Waals surface area contributed by atoms with Crippen LogP contribution in [0.2, 0.25) is 0 Å². The van der Waals surface area contributed by atoms with Gasteiger partial charge in [-0.15, -0.1) is 29.3 Å². The predicted octanol–water partition coefficient (Wildman–Crippen LogP) is 7.65. The van der Waals surface area contributed by atoms with Gasteiger partial charge < -0.3 is 13.6 Å². The zero-order chi connectivity index (χ0) is 26.6. The van der Waals surface area contributed by atoms with Crippen molar-refractivity contribution in [3.05, 3.63) is 160 Å². The number of hydrogen-bond donors (Lipinski definition) is 0. The van der Waals surface area contributed by atoms with E-state index in [2.05, 4.69) is 77.3 Å². The molecule has 3 nitrogen and oxygen atoms in total. The van der Waals surface area contributed by atoms with E-state index in [-0.39, 0.29) is 20.1 Å². The summed E-state index contributed by atoms with van der Waals surface area (Å²) >= 11 is 0. The van der Waals surface area contributed by atoms with Crippen LogP contribution in [0.5, 0.6) is 0 Å². The van der Waals surface area contributed by atoms with E-state index in [1.54, 1.807) is 6.26 Å². The SMILES string of the molecule is [CH2-]c1cc(-c2ccccc2)ccc1-c1c2ccoc2cc[n+]1[CH2-].[CH2-]c1ccccc1-c1c(C)ccc[n+]1[CH2-].[Ir]. The molecule has 6 rings (SSSR count). The Morgan fingerprint density at radius 2 is 1.31 bits per heavy atom. The summed E-state index contributed by atoms with van der Waals surface area (Å²) < 4.78 is 9.26. The molecule has 6 aromatic rings. The van der Waals surface area contributed by atoms with Crippen molar-refractivity contribution in [1.29, 1.82) is 0 Å². The molecule has 0 atom stereocenters. The van der Waals surface area contributed by atoms with Gasteiger partial charge in [0.25, 0.3) is 0 Å². The van der Waals surface area contributed by atoms with E-state index < -0.39 is 0 Å². The predicted molar refractivity (Wildman–Crippen MR) is 155 cm³/mol. The van der Waals surface area contributed by atoms with Gasteiger partial charge in [0.15, 0.2) is 0 Å². The Kier molecular flexibility index (Phi) is 8.51. The molecule has 0 N–H and O–H groups in total. The van der Waals surface area contributed by atoms with Crippen LogP contribution < -0.4 is 9.13 Å². The maximum absolute atomic E-state index is 5.51. The number of pyridine rings is 2. The number of furan rings is 1. The Morgan fingerprint density at radius 1 is 0.615 bits per heavy atom. The molecule has 0 amide bonds. The Morgan fingerprint density at radius 3 is 2.03 bits per heavy atom. The van der Waals surface area contributed by atoms with E-state index in [9.17, 15) is 0 Å². The first kappa shape index (κ1) is 27.7. The van der Waals surface area contributed by atoms with Gasteiger partial charge in [-0.1, -0.05) is 60.2 Å². The summed E-state index contributed by atoms with van der Waals surface area (Å²) in [6.07, 6.45) is 5.57. The molecule has 0 bridgehead atoms. The largest absolute Gasteiger partial charge is 0.466 e. The maximum Gasteiger partial charge on any atom is 0.120 e. The molecule has 0 aliphatic heterocycles. The molecule has 0 saturated carbocycles. The second-order valence-corrected chi connectivity index (χ2v) is 9.24. The normalized spacial score (nSPS) is 10.4. The molecule has 0 saturated heterocycles. The molecular formula is C35H30IrN2O-2. The second-order valence-electron chi connectivity index (χ2n) is 9.24. The maximum atomic E-state index is 5.51. The zero-order valence-electron chi connectivity index (χ0n) is 21.9. The number of hydrogen-bond acceptors (Lipinski definition) is 1. The molecule has 4 heteroatoms. The van der Waals surface area contributed by atoms with Crippen LogP contribution in [0.1, 0.15) is 16.7 Å². The Bertz CT molecular complexity index is 1700. The van der Waals surface area contributed by atoms with Crippen LogP contribution in [-0.2, 0) is 20.1 Å². The third-order valence-corrected chi connectivity index (χ3v) is 6.66. The molecule has 3 heterocycles. The summed E-state index contributed by atoms with van der Waals surface area (Å²) in [5.74, 6) is 0. The van der Waals surface area contributed by atoms with Crippen molar-refractivity contribution in [1.82, 2.24) is 0 Å². The fourth-order valence-electron chi connectivity index (χ4n) is 4.76. The minimum atomic E-state index is 0. The Balaban J connectivity index is 0.000000192. The first-order valence-electron chi connectivity index (χ1n) is 12.4. The molecule has 1 radical (unpaired) electrons. The van der Waals surface area contributed by atoms with Crippen molar-refractivity contribution < 1.29 is 33.7 Å². The number of fused-ring (bicyclic) bond motifs is 1. The number of nitrogens with zero attached hydrogens (tertiary/aromatic N) is 2. The molecule has 3 aromatic heterocycles. The molecule has 0 unspecified atom stereocenters. The Hall–Kier alpha value is -4.37. The van der Waals surface area contributed by atoms with Gasteiger partial charge in [0.2, 0.25) is 0 Å². The van der Waals surface area contributed by atoms with E-state index in [0.29, 0.717) is 0 Å². The van der Waals surface area contributed by atoms with Crippen molar-refractivity contribution in [2.75, 3.05) is 0 Å². The molecule has 3 aromatic carbocycles. The van der Waals surface area contributed by atoms with Gasteiger partial charge in [0.05, 0.1) is 30.0 Å². The average molecular weight is 687 g/mol. The van der Waals surface area contributed by atoms with E-state index in [1.807, 2.05) is 76.1 Å². The van der Waals surface area contributed by atoms with Crippen LogP contribution in [0.4, 0.5) is 0 Å². The van der Waals surface area contributed by atoms with Crippen molar-refractivity contribution in [3.8, 4) is 33.6 Å². The summed E-state index contributed by atoms with van der Waals surface area (Å²) in [6, 6.07) is 32.8. The van der Waals surface area contributed by atoms with Crippen LogP contribution in [0.3, 0.4) is 0 Å². The van der Waals surface area contributed by atoms with Crippen molar-refractivity contribution in [2.45, 2.75) is 6.92 Å². The minimum Gasteiger partial charge on any atom is -0.466 e. The molecule has 0 fully saturated rings. The van der Waals surface area contributed by atoms with Gasteiger partial charge in [-0.05, 0) is 30.2 Å². The van der Waals surface area contributed by atoms with Gasteiger partial charge in [0, 0.05) is 39.6 Å². The Labute approximate surface area is 244 Å². The molecule has 197 valence electrons. The average Bonchev–Trinajstić information content (AvgIpc) is 3.40. The summed E-state index contributed by atoms with van der Waals surface area (Å²) in [5, 5.41) is 1.04. The number of benzene rings is 3. The standard InChI is InChI=1S/C21H16NO.C14H14N.Ir/c1-15-14-17(16-6-4-3-5-7-16)8-9-18(15)21-19-11-13-23-20(19)10-12-22(21)2;1-11-7-4-5-9-13(11)14-12(2)8-6-10-15(14)3;/h3-14H,1-2H2;4-10H,1,3H2,2H3;/q2*-1;. The summed E-state index contributed by atoms with van der Waals surface area (Å²) in [5.41, 5.74) is 10.8. The van der Waals surface area contributed by atoms with Gasteiger partial charge >= 0.3 is 0 Å². The van der Waals surface area contributed by atoms with E-state index >= 15 is 0 Å². The molecule has 0 aliphatic carbocycles. The van der Waals surface area contributed by atoms with Gasteiger partial charge in [0.1, 0.15) is 5.58 Å². The quantitative estimate of drug-likeness (QED) is 0.139. The van der Waals surface area contributed by atoms with Gasteiger partial charge in [-0.25, -0.2) is 0 Å². The summed E-state index contributed by atoms with van der Waals surface area (Å²) in [4.78, 5) is 0. The molecule has 39 heavy (non-hydrogen) atoms. The van der Waals surface area contributed by atoms with Crippen LogP contribution in [-0.4, -0.2) is 0 Å². The third kappa shape index (κ3) is 5.73. The second kappa shape index (κ2) is 12.0. The number of aromatic nitrogens is 2. The number of aryl methyl sites for hydroxylation is 1. The summed E-state index contributed by atoms with van der Waals surface area (Å²) in [6.45, 7) is 10.4. The fourth-order valence-corrected chi connectivity index (χ4v) is 4.76. The first-order chi connectivity index (χ1) is 18.4. The van der Waals surface area contributed by atoms with Gasteiger partial charge in [-0.3, -0.25) is 0 Å². The van der Waals surface area contributed by atoms with E-state index in [0.717, 1.165) is 50.2 Å². The molecule has 0 spiro atoms. The topological polar surface area (TPSA) is 20.9 Å². The smallest absolute Gasteiger partial charge is 0.120 e. The van der Waals surface area contributed by atoms with Crippen LogP contribution in [0.25, 0.3) is 44.6 Å². The first-order valence-corrected chi connectivity index (χ1v) is 12.4. The van der Waals surface area contributed by atoms with E-state index in [1.165, 1.54) is 11.1 Å². The molecule has 0 aliphatic rings. The molecular weight excluding hydrogens is 657 g/mol. The monoisotopic (exact) mass is 687 g/mol. The van der Waals surface area contributed by atoms with Crippen LogP contribution in [0.15, 0.2) is 120 Å². The third-order valence-electron chi connectivity index (χ3n) is 6.66. The van der Waals surface area contributed by atoms with Crippen LogP contribution in [0, 0.1) is 34.9 Å². The van der Waals surface area contributed by atoms with Crippen molar-refractivity contribution in [2.24, 2.45) is 0 Å². The summed E-state index contributed by atoms with van der Waals surface area (Å²) in [7, 11) is 8.08. The number of rotatable bonds is 3. The van der Waals surface area contributed by atoms with Gasteiger partial charge in [-0.2, -0.15) is 37.1 Å².